The SMILES string of the molecule is O=C1CCC(C(=O)N[C@H](Cc2cnc[nH]2)C(=O)O)CN1. The van der Waals surface area contributed by atoms with Crippen LogP contribution in [0, 0.1) is 5.92 Å². The van der Waals surface area contributed by atoms with Gasteiger partial charge in [0.1, 0.15) is 6.04 Å². The second-order valence-corrected chi connectivity index (χ2v) is 4.72. The van der Waals surface area contributed by atoms with Crippen molar-refractivity contribution in [3.8, 4) is 0 Å². The van der Waals surface area contributed by atoms with Gasteiger partial charge in [0.25, 0.3) is 0 Å². The molecule has 2 heterocycles. The van der Waals surface area contributed by atoms with Gasteiger partial charge in [-0.15, -0.1) is 0 Å². The molecule has 4 N–H and O–H groups in total. The molecule has 1 fully saturated rings. The Kier molecular flexibility index (Phi) is 4.34. The lowest BCUT2D eigenvalue weighted by Gasteiger charge is -2.23. The molecule has 0 aliphatic carbocycles. The number of carboxylic acids is 1. The van der Waals surface area contributed by atoms with E-state index >= 15 is 0 Å². The average Bonchev–Trinajstić information content (AvgIpc) is 2.91. The van der Waals surface area contributed by atoms with Crippen LogP contribution in [0.1, 0.15) is 18.5 Å². The second kappa shape index (κ2) is 6.18. The van der Waals surface area contributed by atoms with Crippen molar-refractivity contribution in [2.75, 3.05) is 6.54 Å². The number of rotatable bonds is 5. The summed E-state index contributed by atoms with van der Waals surface area (Å²) < 4.78 is 0. The van der Waals surface area contributed by atoms with Crippen molar-refractivity contribution in [2.45, 2.75) is 25.3 Å². The molecule has 2 amide bonds. The molecule has 1 saturated heterocycles. The molecule has 20 heavy (non-hydrogen) atoms. The van der Waals surface area contributed by atoms with Gasteiger partial charge in [0.2, 0.25) is 11.8 Å². The Balaban J connectivity index is 1.92. The number of hydrogen-bond donors (Lipinski definition) is 4. The first-order valence-corrected chi connectivity index (χ1v) is 6.33. The lowest BCUT2D eigenvalue weighted by molar-refractivity contribution is -0.143. The van der Waals surface area contributed by atoms with Crippen molar-refractivity contribution < 1.29 is 19.5 Å². The Labute approximate surface area is 115 Å². The zero-order valence-electron chi connectivity index (χ0n) is 10.8. The van der Waals surface area contributed by atoms with Crippen LogP contribution < -0.4 is 10.6 Å². The van der Waals surface area contributed by atoms with E-state index in [4.69, 9.17) is 5.11 Å². The smallest absolute Gasteiger partial charge is 0.326 e. The summed E-state index contributed by atoms with van der Waals surface area (Å²) in [7, 11) is 0. The first-order chi connectivity index (χ1) is 9.56. The summed E-state index contributed by atoms with van der Waals surface area (Å²) in [5.74, 6) is -1.91. The van der Waals surface area contributed by atoms with Crippen LogP contribution in [0.25, 0.3) is 0 Å². The molecule has 0 radical (unpaired) electrons. The van der Waals surface area contributed by atoms with Crippen LogP contribution >= 0.6 is 0 Å². The molecule has 1 aliphatic rings. The maximum Gasteiger partial charge on any atom is 0.326 e. The normalized spacial score (nSPS) is 20.0. The van der Waals surface area contributed by atoms with Crippen molar-refractivity contribution in [1.82, 2.24) is 20.6 Å². The Morgan fingerprint density at radius 3 is 2.90 bits per heavy atom. The molecule has 1 aromatic heterocycles. The number of aliphatic carboxylic acids is 1. The molecular weight excluding hydrogens is 264 g/mol. The zero-order chi connectivity index (χ0) is 14.5. The van der Waals surface area contributed by atoms with E-state index in [1.54, 1.807) is 0 Å². The number of carbonyl (C=O) groups excluding carboxylic acids is 2. The van der Waals surface area contributed by atoms with Gasteiger partial charge < -0.3 is 20.7 Å². The Hall–Kier alpha value is -2.38. The monoisotopic (exact) mass is 280 g/mol. The Morgan fingerprint density at radius 1 is 1.55 bits per heavy atom. The number of H-pyrrole nitrogens is 1. The number of piperidine rings is 1. The van der Waals surface area contributed by atoms with Gasteiger partial charge in [-0.1, -0.05) is 0 Å². The number of nitrogens with zero attached hydrogens (tertiary/aromatic N) is 1. The predicted octanol–water partition coefficient (Wildman–Crippen LogP) is -0.952. The summed E-state index contributed by atoms with van der Waals surface area (Å²) in [6.45, 7) is 0.251. The summed E-state index contributed by atoms with van der Waals surface area (Å²) in [4.78, 5) is 40.8. The second-order valence-electron chi connectivity index (χ2n) is 4.72. The van der Waals surface area contributed by atoms with Gasteiger partial charge in [0.15, 0.2) is 0 Å². The van der Waals surface area contributed by atoms with E-state index in [1.165, 1.54) is 12.5 Å². The summed E-state index contributed by atoms with van der Waals surface area (Å²) >= 11 is 0. The number of hydrogen-bond acceptors (Lipinski definition) is 4. The number of amides is 2. The molecule has 0 saturated carbocycles. The van der Waals surface area contributed by atoms with Crippen LogP contribution in [-0.2, 0) is 20.8 Å². The molecule has 0 spiro atoms. The molecule has 0 aromatic carbocycles. The fourth-order valence-electron chi connectivity index (χ4n) is 2.06. The first kappa shape index (κ1) is 14.0. The maximum atomic E-state index is 12.0. The van der Waals surface area contributed by atoms with Gasteiger partial charge in [0.05, 0.1) is 12.2 Å². The quantitative estimate of drug-likeness (QED) is 0.553. The Morgan fingerprint density at radius 2 is 2.35 bits per heavy atom. The molecule has 0 bridgehead atoms. The van der Waals surface area contributed by atoms with Gasteiger partial charge >= 0.3 is 5.97 Å². The topological polar surface area (TPSA) is 124 Å². The van der Waals surface area contributed by atoms with Crippen LogP contribution in [-0.4, -0.2) is 45.4 Å². The summed E-state index contributed by atoms with van der Waals surface area (Å²) in [6, 6.07) is -1.01. The third-order valence-electron chi connectivity index (χ3n) is 3.23. The van der Waals surface area contributed by atoms with Crippen LogP contribution in [0.15, 0.2) is 12.5 Å². The zero-order valence-corrected chi connectivity index (χ0v) is 10.8. The van der Waals surface area contributed by atoms with Gasteiger partial charge in [-0.2, -0.15) is 0 Å². The van der Waals surface area contributed by atoms with E-state index in [0.29, 0.717) is 12.1 Å². The minimum absolute atomic E-state index is 0.0821. The van der Waals surface area contributed by atoms with E-state index in [0.717, 1.165) is 0 Å². The molecule has 1 unspecified atom stereocenters. The summed E-state index contributed by atoms with van der Waals surface area (Å²) in [6.07, 6.45) is 3.83. The third-order valence-corrected chi connectivity index (χ3v) is 3.23. The minimum Gasteiger partial charge on any atom is -0.480 e. The number of aromatic amines is 1. The summed E-state index contributed by atoms with van der Waals surface area (Å²) in [5, 5.41) is 14.2. The largest absolute Gasteiger partial charge is 0.480 e. The van der Waals surface area contributed by atoms with Crippen molar-refractivity contribution in [3.05, 3.63) is 18.2 Å². The summed E-state index contributed by atoms with van der Waals surface area (Å²) in [5.41, 5.74) is 0.634. The maximum absolute atomic E-state index is 12.0. The van der Waals surface area contributed by atoms with Gasteiger partial charge in [-0.3, -0.25) is 9.59 Å². The molecule has 1 aromatic rings. The third kappa shape index (κ3) is 3.56. The molecule has 108 valence electrons. The fourth-order valence-corrected chi connectivity index (χ4v) is 2.06. The first-order valence-electron chi connectivity index (χ1n) is 6.33. The van der Waals surface area contributed by atoms with Gasteiger partial charge in [-0.25, -0.2) is 9.78 Å². The lowest BCUT2D eigenvalue weighted by atomic mass is 9.97. The van der Waals surface area contributed by atoms with Crippen molar-refractivity contribution in [3.63, 3.8) is 0 Å². The fraction of sp³-hybridized carbons (Fsp3) is 0.500. The highest BCUT2D eigenvalue weighted by molar-refractivity contribution is 5.87. The van der Waals surface area contributed by atoms with E-state index in [1.807, 2.05) is 0 Å². The number of aromatic nitrogens is 2. The molecular formula is C12H16N4O4. The van der Waals surface area contributed by atoms with Crippen molar-refractivity contribution in [2.24, 2.45) is 5.92 Å². The molecule has 8 nitrogen and oxygen atoms in total. The molecule has 2 rings (SSSR count). The number of carboxylic acid groups (broad SMARTS) is 1. The highest BCUT2D eigenvalue weighted by Gasteiger charge is 2.28. The van der Waals surface area contributed by atoms with E-state index < -0.39 is 12.0 Å². The van der Waals surface area contributed by atoms with Gasteiger partial charge in [0, 0.05) is 31.3 Å². The average molecular weight is 280 g/mol. The van der Waals surface area contributed by atoms with Crippen LogP contribution in [0.3, 0.4) is 0 Å². The van der Waals surface area contributed by atoms with E-state index in [9.17, 15) is 14.4 Å². The molecule has 2 atom stereocenters. The van der Waals surface area contributed by atoms with Crippen molar-refractivity contribution >= 4 is 17.8 Å². The van der Waals surface area contributed by atoms with Crippen molar-refractivity contribution in [1.29, 1.82) is 0 Å². The van der Waals surface area contributed by atoms with Crippen LogP contribution in [0.2, 0.25) is 0 Å². The van der Waals surface area contributed by atoms with Crippen LogP contribution in [0.5, 0.6) is 0 Å². The highest BCUT2D eigenvalue weighted by atomic mass is 16.4. The Bertz CT molecular complexity index is 490. The standard InChI is InChI=1S/C12H16N4O4/c17-10-2-1-7(4-14-10)11(18)16-9(12(19)20)3-8-5-13-6-15-8/h5-7,9H,1-4H2,(H,13,15)(H,14,17)(H,16,18)(H,19,20)/t7?,9-/m1/s1. The van der Waals surface area contributed by atoms with E-state index in [2.05, 4.69) is 20.6 Å². The van der Waals surface area contributed by atoms with Crippen LogP contribution in [0.4, 0.5) is 0 Å². The number of carbonyl (C=O) groups is 3. The number of nitrogens with one attached hydrogen (secondary N) is 3. The van der Waals surface area contributed by atoms with Gasteiger partial charge in [-0.05, 0) is 6.42 Å². The van der Waals surface area contributed by atoms with E-state index in [-0.39, 0.29) is 37.1 Å². The number of imidazole rings is 1. The molecule has 1 aliphatic heterocycles. The molecule has 8 heteroatoms. The minimum atomic E-state index is -1.10. The lowest BCUT2D eigenvalue weighted by Crippen LogP contribution is -2.49. The predicted molar refractivity (Wildman–Crippen MR) is 67.6 cm³/mol. The highest BCUT2D eigenvalue weighted by Crippen LogP contribution is 2.11.